The smallest absolute Gasteiger partial charge is 0.339 e. The summed E-state index contributed by atoms with van der Waals surface area (Å²) in [6.45, 7) is 1.99. The van der Waals surface area contributed by atoms with E-state index in [1.165, 1.54) is 5.56 Å². The molecule has 7 heteroatoms. The zero-order valence-electron chi connectivity index (χ0n) is 14.8. The molecule has 1 aliphatic heterocycles. The van der Waals surface area contributed by atoms with Gasteiger partial charge in [0.1, 0.15) is 6.10 Å². The highest BCUT2D eigenvalue weighted by molar-refractivity contribution is 7.98. The second-order valence-corrected chi connectivity index (χ2v) is 7.07. The molecular formula is C20H18N4O2S. The number of aromatic nitrogens is 4. The fraction of sp³-hybridized carbons (Fsp3) is 0.200. The Hall–Kier alpha value is -2.93. The highest BCUT2D eigenvalue weighted by atomic mass is 32.2. The predicted octanol–water partition coefficient (Wildman–Crippen LogP) is 3.67. The summed E-state index contributed by atoms with van der Waals surface area (Å²) in [7, 11) is 0. The van der Waals surface area contributed by atoms with Crippen molar-refractivity contribution < 1.29 is 9.53 Å². The Morgan fingerprint density at radius 2 is 1.89 bits per heavy atom. The average molecular weight is 378 g/mol. The third kappa shape index (κ3) is 3.78. The Balaban J connectivity index is 1.52. The number of ether oxygens (including phenoxy) is 1. The first-order chi connectivity index (χ1) is 13.2. The lowest BCUT2D eigenvalue weighted by Crippen LogP contribution is -2.06. The maximum atomic E-state index is 12.0. The largest absolute Gasteiger partial charge is 0.455 e. The number of carbonyl (C=O) groups excluding carboxylic acids is 1. The van der Waals surface area contributed by atoms with Gasteiger partial charge in [0.25, 0.3) is 0 Å². The molecule has 2 heterocycles. The molecule has 0 bridgehead atoms. The molecule has 1 aliphatic rings. The lowest BCUT2D eigenvalue weighted by atomic mass is 10.1. The van der Waals surface area contributed by atoms with Crippen LogP contribution in [0, 0.1) is 0 Å². The number of thioether (sulfide) groups is 1. The minimum absolute atomic E-state index is 0.132. The third-order valence-corrected chi connectivity index (χ3v) is 5.30. The van der Waals surface area contributed by atoms with Gasteiger partial charge in [-0.3, -0.25) is 0 Å². The number of hydrogen-bond acceptors (Lipinski definition) is 6. The lowest BCUT2D eigenvalue weighted by Gasteiger charge is -2.06. The fourth-order valence-electron chi connectivity index (χ4n) is 2.84. The van der Waals surface area contributed by atoms with Crippen LogP contribution in [-0.4, -0.2) is 32.3 Å². The van der Waals surface area contributed by atoms with Crippen LogP contribution in [0.3, 0.4) is 0 Å². The van der Waals surface area contributed by atoms with Gasteiger partial charge in [-0.25, -0.2) is 4.79 Å². The fourth-order valence-corrected chi connectivity index (χ4v) is 3.69. The second-order valence-electron chi connectivity index (χ2n) is 6.13. The van der Waals surface area contributed by atoms with Crippen molar-refractivity contribution in [3.8, 4) is 5.69 Å². The Bertz CT molecular complexity index is 967. The quantitative estimate of drug-likeness (QED) is 0.481. The number of tetrazole rings is 1. The number of cyclic esters (lactones) is 1. The van der Waals surface area contributed by atoms with Crippen LogP contribution in [0.2, 0.25) is 0 Å². The normalized spacial score (nSPS) is 16.3. The molecule has 0 spiro atoms. The molecule has 0 saturated carbocycles. The molecule has 27 heavy (non-hydrogen) atoms. The van der Waals surface area contributed by atoms with Crippen LogP contribution < -0.4 is 0 Å². The minimum Gasteiger partial charge on any atom is -0.455 e. The molecule has 1 atom stereocenters. The van der Waals surface area contributed by atoms with Crippen molar-refractivity contribution in [1.29, 1.82) is 0 Å². The molecule has 2 aromatic carbocycles. The first kappa shape index (κ1) is 17.5. The Morgan fingerprint density at radius 1 is 1.11 bits per heavy atom. The summed E-state index contributed by atoms with van der Waals surface area (Å²) in [4.78, 5) is 12.0. The summed E-state index contributed by atoms with van der Waals surface area (Å²) < 4.78 is 7.00. The maximum Gasteiger partial charge on any atom is 0.339 e. The first-order valence-electron chi connectivity index (χ1n) is 8.73. The molecule has 0 amide bonds. The number of esters is 1. The summed E-state index contributed by atoms with van der Waals surface area (Å²) in [5.74, 6) is 0.521. The monoisotopic (exact) mass is 378 g/mol. The molecular weight excluding hydrogens is 360 g/mol. The number of nitrogens with zero attached hydrogens (tertiary/aromatic N) is 4. The van der Waals surface area contributed by atoms with E-state index in [-0.39, 0.29) is 12.1 Å². The van der Waals surface area contributed by atoms with E-state index in [2.05, 4.69) is 27.7 Å². The third-order valence-electron chi connectivity index (χ3n) is 4.31. The molecule has 0 N–H and O–H groups in total. The number of carbonyl (C=O) groups is 1. The summed E-state index contributed by atoms with van der Waals surface area (Å²) in [6.07, 6.45) is 2.53. The van der Waals surface area contributed by atoms with Gasteiger partial charge in [-0.2, -0.15) is 4.68 Å². The van der Waals surface area contributed by atoms with E-state index < -0.39 is 0 Å². The topological polar surface area (TPSA) is 69.9 Å². The molecule has 1 unspecified atom stereocenters. The maximum absolute atomic E-state index is 12.0. The molecule has 1 aromatic heterocycles. The summed E-state index contributed by atoms with van der Waals surface area (Å²) >= 11 is 1.58. The van der Waals surface area contributed by atoms with E-state index in [1.807, 2.05) is 55.5 Å². The van der Waals surface area contributed by atoms with Crippen LogP contribution in [0.4, 0.5) is 0 Å². The molecule has 0 aliphatic carbocycles. The van der Waals surface area contributed by atoms with Gasteiger partial charge in [0, 0.05) is 5.75 Å². The predicted molar refractivity (Wildman–Crippen MR) is 103 cm³/mol. The summed E-state index contributed by atoms with van der Waals surface area (Å²) in [6, 6.07) is 17.8. The van der Waals surface area contributed by atoms with E-state index in [1.54, 1.807) is 16.4 Å². The SMILES string of the molecule is CCC1C=C(c2ccc(-n3nnnc3SCc3ccccc3)cc2)C(=O)O1. The van der Waals surface area contributed by atoms with Crippen molar-refractivity contribution >= 4 is 23.3 Å². The van der Waals surface area contributed by atoms with Crippen LogP contribution in [0.1, 0.15) is 24.5 Å². The van der Waals surface area contributed by atoms with E-state index in [9.17, 15) is 4.79 Å². The van der Waals surface area contributed by atoms with Gasteiger partial charge >= 0.3 is 5.97 Å². The highest BCUT2D eigenvalue weighted by Crippen LogP contribution is 2.27. The van der Waals surface area contributed by atoms with Crippen LogP contribution in [0.15, 0.2) is 65.8 Å². The summed E-state index contributed by atoms with van der Waals surface area (Å²) in [5, 5.41) is 12.7. The van der Waals surface area contributed by atoms with E-state index in [4.69, 9.17) is 4.74 Å². The van der Waals surface area contributed by atoms with Crippen molar-refractivity contribution in [2.75, 3.05) is 0 Å². The van der Waals surface area contributed by atoms with Gasteiger partial charge in [0.05, 0.1) is 11.3 Å². The van der Waals surface area contributed by atoms with Gasteiger partial charge in [-0.15, -0.1) is 5.10 Å². The van der Waals surface area contributed by atoms with Crippen molar-refractivity contribution in [2.24, 2.45) is 0 Å². The van der Waals surface area contributed by atoms with Crippen molar-refractivity contribution in [1.82, 2.24) is 20.2 Å². The van der Waals surface area contributed by atoms with Crippen LogP contribution in [0.25, 0.3) is 11.3 Å². The molecule has 0 radical (unpaired) electrons. The molecule has 4 rings (SSSR count). The number of benzene rings is 2. The Kier molecular flexibility index (Phi) is 5.02. The van der Waals surface area contributed by atoms with Crippen LogP contribution in [0.5, 0.6) is 0 Å². The van der Waals surface area contributed by atoms with Gasteiger partial charge < -0.3 is 4.74 Å². The highest BCUT2D eigenvalue weighted by Gasteiger charge is 2.25. The Labute approximate surface area is 161 Å². The van der Waals surface area contributed by atoms with Crippen molar-refractivity contribution in [3.05, 3.63) is 71.8 Å². The van der Waals surface area contributed by atoms with E-state index >= 15 is 0 Å². The molecule has 3 aromatic rings. The lowest BCUT2D eigenvalue weighted by molar-refractivity contribution is -0.137. The molecule has 0 saturated heterocycles. The number of hydrogen-bond donors (Lipinski definition) is 0. The van der Waals surface area contributed by atoms with Crippen LogP contribution >= 0.6 is 11.8 Å². The van der Waals surface area contributed by atoms with Gasteiger partial charge in [0.15, 0.2) is 0 Å². The van der Waals surface area contributed by atoms with E-state index in [0.717, 1.165) is 28.6 Å². The molecule has 6 nitrogen and oxygen atoms in total. The van der Waals surface area contributed by atoms with Crippen molar-refractivity contribution in [2.45, 2.75) is 30.4 Å². The standard InChI is InChI=1S/C20H18N4O2S/c1-2-17-12-18(19(25)26-17)15-8-10-16(11-9-15)24-20(21-22-23-24)27-13-14-6-4-3-5-7-14/h3-12,17H,2,13H2,1H3. The van der Waals surface area contributed by atoms with Gasteiger partial charge in [0.2, 0.25) is 5.16 Å². The second kappa shape index (κ2) is 7.75. The zero-order chi connectivity index (χ0) is 18.6. The van der Waals surface area contributed by atoms with Gasteiger partial charge in [-0.05, 0) is 46.2 Å². The molecule has 0 fully saturated rings. The minimum atomic E-state index is -0.267. The average Bonchev–Trinajstić information content (AvgIpc) is 3.33. The van der Waals surface area contributed by atoms with Crippen molar-refractivity contribution in [3.63, 3.8) is 0 Å². The zero-order valence-corrected chi connectivity index (χ0v) is 15.6. The van der Waals surface area contributed by atoms with E-state index in [0.29, 0.717) is 5.57 Å². The van der Waals surface area contributed by atoms with Crippen LogP contribution in [-0.2, 0) is 15.3 Å². The first-order valence-corrected chi connectivity index (χ1v) is 9.72. The van der Waals surface area contributed by atoms with Gasteiger partial charge in [-0.1, -0.05) is 61.2 Å². The summed E-state index contributed by atoms with van der Waals surface area (Å²) in [5.41, 5.74) is 3.51. The number of rotatable bonds is 6. The Morgan fingerprint density at radius 3 is 2.59 bits per heavy atom. The molecule has 136 valence electrons.